The highest BCUT2D eigenvalue weighted by Gasteiger charge is 2.13. The van der Waals surface area contributed by atoms with E-state index in [0.29, 0.717) is 4.57 Å². The van der Waals surface area contributed by atoms with Crippen LogP contribution in [0.5, 0.6) is 5.75 Å². The first-order valence-electron chi connectivity index (χ1n) is 5.65. The van der Waals surface area contributed by atoms with Crippen LogP contribution < -0.4 is 10.1 Å². The van der Waals surface area contributed by atoms with Gasteiger partial charge in [0.15, 0.2) is 0 Å². The zero-order valence-electron chi connectivity index (χ0n) is 10.1. The van der Waals surface area contributed by atoms with Crippen LogP contribution >= 0.6 is 0 Å². The van der Waals surface area contributed by atoms with Crippen LogP contribution in [0.1, 0.15) is 12.4 Å². The molecule has 0 bridgehead atoms. The molecule has 0 fully saturated rings. The largest absolute Gasteiger partial charge is 0.433 e. The molecule has 8 heteroatoms. The van der Waals surface area contributed by atoms with E-state index < -0.39 is 13.2 Å². The molecule has 20 heavy (non-hydrogen) atoms. The van der Waals surface area contributed by atoms with Crippen molar-refractivity contribution in [3.8, 4) is 5.75 Å². The molecule has 2 aromatic rings. The fraction of sp³-hybridized carbons (Fsp3) is 0.250. The van der Waals surface area contributed by atoms with Crippen molar-refractivity contribution in [1.82, 2.24) is 9.55 Å². The molecule has 1 aromatic heterocycles. The molecular formula is C12H11F4N3O. The van der Waals surface area contributed by atoms with Crippen LogP contribution in [0.25, 0.3) is 0 Å². The summed E-state index contributed by atoms with van der Waals surface area (Å²) >= 11 is 0. The molecule has 0 saturated carbocycles. The molecule has 0 unspecified atom stereocenters. The van der Waals surface area contributed by atoms with E-state index in [-0.39, 0.29) is 23.8 Å². The lowest BCUT2D eigenvalue weighted by molar-refractivity contribution is -0.0493. The highest BCUT2D eigenvalue weighted by Crippen LogP contribution is 2.26. The summed E-state index contributed by atoms with van der Waals surface area (Å²) in [7, 11) is 0. The summed E-state index contributed by atoms with van der Waals surface area (Å²) in [5.74, 6) is 0.0319. The summed E-state index contributed by atoms with van der Waals surface area (Å²) in [5.41, 5.74) is 0.275. The Kier molecular flexibility index (Phi) is 4.44. The Balaban J connectivity index is 2.09. The number of alkyl halides is 4. The van der Waals surface area contributed by atoms with Crippen LogP contribution in [0, 0.1) is 0 Å². The van der Waals surface area contributed by atoms with Gasteiger partial charge in [0.1, 0.15) is 11.6 Å². The summed E-state index contributed by atoms with van der Waals surface area (Å²) in [6.45, 7) is -5.70. The van der Waals surface area contributed by atoms with Crippen LogP contribution in [0.4, 0.5) is 23.2 Å². The summed E-state index contributed by atoms with van der Waals surface area (Å²) in [4.78, 5) is 3.77. The molecule has 2 rings (SSSR count). The maximum Gasteiger partial charge on any atom is 0.387 e. The van der Waals surface area contributed by atoms with E-state index in [1.807, 2.05) is 0 Å². The molecule has 0 saturated heterocycles. The van der Waals surface area contributed by atoms with E-state index in [0.717, 1.165) is 6.20 Å². The topological polar surface area (TPSA) is 39.1 Å². The minimum absolute atomic E-state index is 0.0407. The Hall–Kier alpha value is -2.25. The first kappa shape index (κ1) is 14.2. The Morgan fingerprint density at radius 1 is 1.20 bits per heavy atom. The maximum absolute atomic E-state index is 12.6. The van der Waals surface area contributed by atoms with E-state index in [1.165, 1.54) is 24.4 Å². The molecule has 4 nitrogen and oxygen atoms in total. The zero-order valence-corrected chi connectivity index (χ0v) is 10.1. The normalized spacial score (nSPS) is 11.1. The molecule has 0 spiro atoms. The molecule has 1 aromatic carbocycles. The number of hydrogen-bond donors (Lipinski definition) is 1. The summed E-state index contributed by atoms with van der Waals surface area (Å²) in [5, 5.41) is 2.74. The fourth-order valence-corrected chi connectivity index (χ4v) is 1.64. The van der Waals surface area contributed by atoms with Crippen LogP contribution in [-0.4, -0.2) is 16.2 Å². The third-order valence-corrected chi connectivity index (χ3v) is 2.50. The first-order valence-corrected chi connectivity index (χ1v) is 5.65. The highest BCUT2D eigenvalue weighted by atomic mass is 19.3. The Bertz CT molecular complexity index is 559. The van der Waals surface area contributed by atoms with Gasteiger partial charge in [-0.1, -0.05) is 12.1 Å². The number of benzene rings is 1. The lowest BCUT2D eigenvalue weighted by atomic mass is 10.3. The van der Waals surface area contributed by atoms with Crippen molar-refractivity contribution in [2.75, 3.05) is 5.32 Å². The predicted molar refractivity (Wildman–Crippen MR) is 63.9 cm³/mol. The second-order valence-corrected chi connectivity index (χ2v) is 3.76. The average Bonchev–Trinajstić information content (AvgIpc) is 2.85. The molecule has 0 atom stereocenters. The van der Waals surface area contributed by atoms with E-state index in [1.54, 1.807) is 6.07 Å². The number of halogens is 4. The van der Waals surface area contributed by atoms with Gasteiger partial charge in [0.05, 0.1) is 12.2 Å². The van der Waals surface area contributed by atoms with Gasteiger partial charge in [-0.05, 0) is 12.1 Å². The molecule has 0 amide bonds. The van der Waals surface area contributed by atoms with E-state index in [9.17, 15) is 17.6 Å². The van der Waals surface area contributed by atoms with Gasteiger partial charge in [-0.15, -0.1) is 0 Å². The van der Waals surface area contributed by atoms with E-state index in [4.69, 9.17) is 0 Å². The third-order valence-electron chi connectivity index (χ3n) is 2.50. The number of hydrogen-bond acceptors (Lipinski definition) is 3. The van der Waals surface area contributed by atoms with E-state index >= 15 is 0 Å². The van der Waals surface area contributed by atoms with E-state index in [2.05, 4.69) is 15.0 Å². The number of imidazole rings is 1. The van der Waals surface area contributed by atoms with Gasteiger partial charge in [0, 0.05) is 12.4 Å². The lowest BCUT2D eigenvalue weighted by Gasteiger charge is -2.13. The smallest absolute Gasteiger partial charge is 0.387 e. The summed E-state index contributed by atoms with van der Waals surface area (Å²) < 4.78 is 54.7. The predicted octanol–water partition coefficient (Wildman–Crippen LogP) is 3.49. The first-order chi connectivity index (χ1) is 9.58. The van der Waals surface area contributed by atoms with Gasteiger partial charge < -0.3 is 10.1 Å². The van der Waals surface area contributed by atoms with Crippen molar-refractivity contribution in [2.45, 2.75) is 19.7 Å². The van der Waals surface area contributed by atoms with Gasteiger partial charge in [0.2, 0.25) is 0 Å². The highest BCUT2D eigenvalue weighted by molar-refractivity contribution is 5.56. The molecule has 0 aliphatic carbocycles. The minimum Gasteiger partial charge on any atom is -0.433 e. The fourth-order valence-electron chi connectivity index (χ4n) is 1.64. The molecule has 1 heterocycles. The Morgan fingerprint density at radius 3 is 2.65 bits per heavy atom. The molecule has 0 radical (unpaired) electrons. The van der Waals surface area contributed by atoms with Crippen LogP contribution in [0.15, 0.2) is 36.7 Å². The monoisotopic (exact) mass is 289 g/mol. The second kappa shape index (κ2) is 6.27. The van der Waals surface area contributed by atoms with Crippen LogP contribution in [-0.2, 0) is 6.54 Å². The van der Waals surface area contributed by atoms with Crippen molar-refractivity contribution in [3.05, 3.63) is 42.5 Å². The maximum atomic E-state index is 12.6. The van der Waals surface area contributed by atoms with Gasteiger partial charge in [-0.25, -0.2) is 4.98 Å². The SMILES string of the molecule is FC(F)Oc1ccccc1NCc1nccn1C(F)F. The standard InChI is InChI=1S/C12H11F4N3O/c13-11(14)19-6-5-17-10(19)7-18-8-3-1-2-4-9(8)20-12(15)16/h1-6,11-12,18H,7H2. The number of nitrogens with zero attached hydrogens (tertiary/aromatic N) is 2. The van der Waals surface area contributed by atoms with Gasteiger partial charge in [-0.2, -0.15) is 17.6 Å². The third kappa shape index (κ3) is 3.40. The quantitative estimate of drug-likeness (QED) is 0.827. The average molecular weight is 289 g/mol. The minimum atomic E-state index is -2.96. The number of para-hydroxylation sites is 2. The van der Waals surface area contributed by atoms with Crippen molar-refractivity contribution >= 4 is 5.69 Å². The van der Waals surface area contributed by atoms with Gasteiger partial charge in [0.25, 0.3) is 0 Å². The number of anilines is 1. The van der Waals surface area contributed by atoms with Crippen LogP contribution in [0.3, 0.4) is 0 Å². The molecule has 0 aliphatic heterocycles. The van der Waals surface area contributed by atoms with Crippen molar-refractivity contribution in [3.63, 3.8) is 0 Å². The summed E-state index contributed by atoms with van der Waals surface area (Å²) in [6.07, 6.45) is 2.38. The van der Waals surface area contributed by atoms with Crippen LogP contribution in [0.2, 0.25) is 0 Å². The number of rotatable bonds is 6. The zero-order chi connectivity index (χ0) is 14.5. The van der Waals surface area contributed by atoms with Gasteiger partial charge >= 0.3 is 13.2 Å². The molecule has 108 valence electrons. The Morgan fingerprint density at radius 2 is 1.95 bits per heavy atom. The number of ether oxygens (including phenoxy) is 1. The van der Waals surface area contributed by atoms with Gasteiger partial charge in [-0.3, -0.25) is 4.57 Å². The van der Waals surface area contributed by atoms with Crippen molar-refractivity contribution in [2.24, 2.45) is 0 Å². The lowest BCUT2D eigenvalue weighted by Crippen LogP contribution is -2.10. The van der Waals surface area contributed by atoms with Crippen molar-refractivity contribution in [1.29, 1.82) is 0 Å². The molecular weight excluding hydrogens is 278 g/mol. The number of nitrogens with one attached hydrogen (secondary N) is 1. The molecule has 1 N–H and O–H groups in total. The molecule has 0 aliphatic rings. The second-order valence-electron chi connectivity index (χ2n) is 3.76. The Labute approximate surface area is 112 Å². The van der Waals surface area contributed by atoms with Crippen molar-refractivity contribution < 1.29 is 22.3 Å². The number of aromatic nitrogens is 2. The summed E-state index contributed by atoms with van der Waals surface area (Å²) in [6, 6.07) is 6.00.